The lowest BCUT2D eigenvalue weighted by Gasteiger charge is -2.44. The van der Waals surface area contributed by atoms with Crippen molar-refractivity contribution in [1.82, 2.24) is 15.3 Å². The second-order valence-electron chi connectivity index (χ2n) is 7.83. The molecular formula is C22H33N3O5. The molecule has 0 amide bonds. The molecule has 3 rings (SSSR count). The lowest BCUT2D eigenvalue weighted by molar-refractivity contribution is -0.159. The Labute approximate surface area is 178 Å². The highest BCUT2D eigenvalue weighted by Crippen LogP contribution is 2.29. The number of Topliss-reactive ketones (excluding diaryl/α,β-unsaturated/α-hetero) is 1. The quantitative estimate of drug-likeness (QED) is 0.627. The molecule has 30 heavy (non-hydrogen) atoms. The van der Waals surface area contributed by atoms with Crippen molar-refractivity contribution in [2.24, 2.45) is 5.92 Å². The van der Waals surface area contributed by atoms with E-state index in [1.165, 1.54) is 7.11 Å². The van der Waals surface area contributed by atoms with Gasteiger partial charge in [-0.25, -0.2) is 14.8 Å². The summed E-state index contributed by atoms with van der Waals surface area (Å²) in [5.74, 6) is -0.104. The van der Waals surface area contributed by atoms with E-state index in [1.807, 2.05) is 31.2 Å². The summed E-state index contributed by atoms with van der Waals surface area (Å²) in [5, 5.41) is 7.97. The fraction of sp³-hybridized carbons (Fsp3) is 0.636. The number of carbonyl (C=O) groups excluding carboxylic acids is 2. The largest absolute Gasteiger partial charge is 0.497 e. The minimum Gasteiger partial charge on any atom is -0.497 e. The number of nitrogens with one attached hydrogen (secondary N) is 1. The molecule has 2 fully saturated rings. The van der Waals surface area contributed by atoms with E-state index in [-0.39, 0.29) is 30.3 Å². The van der Waals surface area contributed by atoms with Crippen molar-refractivity contribution in [2.75, 3.05) is 60.1 Å². The highest BCUT2D eigenvalue weighted by molar-refractivity contribution is 5.88. The number of piperidine rings is 1. The van der Waals surface area contributed by atoms with Crippen molar-refractivity contribution in [1.29, 1.82) is 0 Å². The maximum Gasteiger partial charge on any atom is 0.331 e. The Balaban J connectivity index is 1.73. The van der Waals surface area contributed by atoms with Gasteiger partial charge in [-0.3, -0.25) is 4.79 Å². The predicted octanol–water partition coefficient (Wildman–Crippen LogP) is 1.07. The average molecular weight is 420 g/mol. The van der Waals surface area contributed by atoms with Crippen LogP contribution >= 0.6 is 0 Å². The molecule has 0 aromatic heterocycles. The number of ether oxygens (including phenoxy) is 3. The number of rotatable bonds is 8. The number of piperazine rings is 1. The fourth-order valence-corrected chi connectivity index (χ4v) is 4.19. The van der Waals surface area contributed by atoms with Gasteiger partial charge >= 0.3 is 5.97 Å². The average Bonchev–Trinajstić information content (AvgIpc) is 2.82. The first-order valence-corrected chi connectivity index (χ1v) is 10.6. The fourth-order valence-electron chi connectivity index (χ4n) is 4.19. The summed E-state index contributed by atoms with van der Waals surface area (Å²) in [6, 6.07) is 7.61. The molecule has 0 spiro atoms. The third-order valence-corrected chi connectivity index (χ3v) is 6.07. The van der Waals surface area contributed by atoms with E-state index in [9.17, 15) is 9.59 Å². The molecule has 2 heterocycles. The summed E-state index contributed by atoms with van der Waals surface area (Å²) in [5.41, 5.74) is 0.951. The molecule has 166 valence electrons. The first kappa shape index (κ1) is 22.7. The number of esters is 1. The number of hydrogen-bond acceptors (Lipinski definition) is 8. The van der Waals surface area contributed by atoms with Crippen molar-refractivity contribution in [3.63, 3.8) is 0 Å². The number of nitrogens with zero attached hydrogens (tertiary/aromatic N) is 2. The lowest BCUT2D eigenvalue weighted by atomic mass is 9.82. The molecule has 2 saturated heterocycles. The van der Waals surface area contributed by atoms with E-state index in [1.54, 1.807) is 7.11 Å². The van der Waals surface area contributed by atoms with Crippen molar-refractivity contribution < 1.29 is 23.8 Å². The number of benzene rings is 1. The molecule has 0 aliphatic carbocycles. The van der Waals surface area contributed by atoms with Gasteiger partial charge in [0.15, 0.2) is 0 Å². The molecule has 1 N–H and O–H groups in total. The molecule has 0 radical (unpaired) electrons. The topological polar surface area (TPSA) is 80.3 Å². The number of hydrazine groups is 1. The van der Waals surface area contributed by atoms with Crippen LogP contribution in [0.4, 0.5) is 0 Å². The number of ketones is 1. The molecule has 2 aliphatic rings. The Bertz CT molecular complexity index is 705. The maximum atomic E-state index is 13.5. The predicted molar refractivity (Wildman–Crippen MR) is 112 cm³/mol. The van der Waals surface area contributed by atoms with Crippen molar-refractivity contribution in [3.8, 4) is 5.75 Å². The summed E-state index contributed by atoms with van der Waals surface area (Å²) in [6.07, 6.45) is 0.406. The molecule has 2 aliphatic heterocycles. The molecule has 0 saturated carbocycles. The normalized spacial score (nSPS) is 24.2. The molecule has 3 atom stereocenters. The number of carbonyl (C=O) groups is 2. The van der Waals surface area contributed by atoms with E-state index >= 15 is 0 Å². The molecular weight excluding hydrogens is 386 g/mol. The molecule has 0 bridgehead atoms. The van der Waals surface area contributed by atoms with Crippen molar-refractivity contribution in [2.45, 2.75) is 25.4 Å². The van der Waals surface area contributed by atoms with E-state index < -0.39 is 5.97 Å². The SMILES string of the molecule is COC(=O)COC1CCN(N2CCNCC2)CC1C(=O)C(C)c1ccc(OC)cc1. The van der Waals surface area contributed by atoms with Gasteiger partial charge < -0.3 is 19.5 Å². The van der Waals surface area contributed by atoms with Gasteiger partial charge in [0.25, 0.3) is 0 Å². The van der Waals surface area contributed by atoms with E-state index in [4.69, 9.17) is 14.2 Å². The van der Waals surface area contributed by atoms with Gasteiger partial charge in [-0.05, 0) is 24.1 Å². The highest BCUT2D eigenvalue weighted by Gasteiger charge is 2.39. The Morgan fingerprint density at radius 2 is 1.80 bits per heavy atom. The minimum atomic E-state index is -0.422. The third-order valence-electron chi connectivity index (χ3n) is 6.07. The van der Waals surface area contributed by atoms with Crippen LogP contribution in [0.5, 0.6) is 5.75 Å². The Kier molecular flexibility index (Phi) is 8.21. The zero-order valence-corrected chi connectivity index (χ0v) is 18.1. The second kappa shape index (κ2) is 10.9. The monoisotopic (exact) mass is 419 g/mol. The smallest absolute Gasteiger partial charge is 0.331 e. The van der Waals surface area contributed by atoms with Gasteiger partial charge in [-0.2, -0.15) is 0 Å². The standard InChI is InChI=1S/C22H33N3O5/c1-16(17-4-6-18(28-2)7-5-17)22(27)19-14-25(24-12-9-23-10-13-24)11-8-20(19)30-15-21(26)29-3/h4-7,16,19-20,23H,8-15H2,1-3H3. The van der Waals surface area contributed by atoms with Crippen LogP contribution in [0.2, 0.25) is 0 Å². The zero-order valence-electron chi connectivity index (χ0n) is 18.1. The summed E-state index contributed by atoms with van der Waals surface area (Å²) >= 11 is 0. The summed E-state index contributed by atoms with van der Waals surface area (Å²) in [7, 11) is 2.96. The van der Waals surface area contributed by atoms with Crippen LogP contribution < -0.4 is 10.1 Å². The Hall–Kier alpha value is -2.00. The summed E-state index contributed by atoms with van der Waals surface area (Å²) in [4.78, 5) is 25.1. The van der Waals surface area contributed by atoms with E-state index in [2.05, 4.69) is 15.3 Å². The van der Waals surface area contributed by atoms with Crippen LogP contribution in [-0.4, -0.2) is 88.0 Å². The van der Waals surface area contributed by atoms with Crippen LogP contribution in [0.15, 0.2) is 24.3 Å². The number of hydrogen-bond donors (Lipinski definition) is 1. The van der Waals surface area contributed by atoms with E-state index in [0.717, 1.165) is 44.0 Å². The Morgan fingerprint density at radius 3 is 2.43 bits per heavy atom. The second-order valence-corrected chi connectivity index (χ2v) is 7.83. The lowest BCUT2D eigenvalue weighted by Crippen LogP contribution is -2.58. The molecule has 3 unspecified atom stereocenters. The van der Waals surface area contributed by atoms with E-state index in [0.29, 0.717) is 13.0 Å². The van der Waals surface area contributed by atoms with Crippen molar-refractivity contribution >= 4 is 11.8 Å². The molecule has 1 aromatic rings. The van der Waals surface area contributed by atoms with Crippen LogP contribution in [0.25, 0.3) is 0 Å². The number of methoxy groups -OCH3 is 2. The van der Waals surface area contributed by atoms with Gasteiger partial charge in [0.2, 0.25) is 0 Å². The third kappa shape index (κ3) is 5.57. The molecule has 8 nitrogen and oxygen atoms in total. The van der Waals surface area contributed by atoms with Crippen molar-refractivity contribution in [3.05, 3.63) is 29.8 Å². The van der Waals surface area contributed by atoms with Gasteiger partial charge in [0, 0.05) is 45.2 Å². The molecule has 8 heteroatoms. The minimum absolute atomic E-state index is 0.129. The maximum absolute atomic E-state index is 13.5. The van der Waals surface area contributed by atoms with Gasteiger partial charge in [-0.15, -0.1) is 0 Å². The van der Waals surface area contributed by atoms with Gasteiger partial charge in [0.1, 0.15) is 18.1 Å². The summed E-state index contributed by atoms with van der Waals surface area (Å²) in [6.45, 7) is 6.98. The van der Waals surface area contributed by atoms with Gasteiger partial charge in [-0.1, -0.05) is 19.1 Å². The van der Waals surface area contributed by atoms with Gasteiger partial charge in [0.05, 0.1) is 26.2 Å². The first-order valence-electron chi connectivity index (χ1n) is 10.6. The Morgan fingerprint density at radius 1 is 1.10 bits per heavy atom. The van der Waals surface area contributed by atoms with Crippen LogP contribution in [0.1, 0.15) is 24.8 Å². The van der Waals surface area contributed by atoms with Crippen LogP contribution in [0.3, 0.4) is 0 Å². The van der Waals surface area contributed by atoms with Crippen LogP contribution in [-0.2, 0) is 19.1 Å². The highest BCUT2D eigenvalue weighted by atomic mass is 16.6. The summed E-state index contributed by atoms with van der Waals surface area (Å²) < 4.78 is 15.8. The first-order chi connectivity index (χ1) is 14.5. The zero-order chi connectivity index (χ0) is 21.5. The molecule has 1 aromatic carbocycles. The van der Waals surface area contributed by atoms with Crippen LogP contribution in [0, 0.1) is 5.92 Å².